The van der Waals surface area contributed by atoms with Crippen molar-refractivity contribution in [2.24, 2.45) is 0 Å². The van der Waals surface area contributed by atoms with Gasteiger partial charge in [0, 0.05) is 4.88 Å². The van der Waals surface area contributed by atoms with Crippen LogP contribution >= 0.6 is 34.9 Å². The van der Waals surface area contributed by atoms with Gasteiger partial charge >= 0.3 is 0 Å². The summed E-state index contributed by atoms with van der Waals surface area (Å²) in [5.74, 6) is 0. The molecule has 0 aromatic carbocycles. The molecule has 1 heterocycles. The largest absolute Gasteiger partial charge is 0.245 e. The van der Waals surface area contributed by atoms with Gasteiger partial charge in [0.2, 0.25) is 0 Å². The monoisotopic (exact) mass is 180 g/mol. The molecule has 4 heteroatoms. The molecule has 0 bridgehead atoms. The van der Waals surface area contributed by atoms with Crippen molar-refractivity contribution < 1.29 is 4.39 Å². The van der Waals surface area contributed by atoms with Gasteiger partial charge in [0.05, 0.1) is 4.88 Å². The summed E-state index contributed by atoms with van der Waals surface area (Å²) in [6, 6.07) is 0. The molecule has 1 aromatic rings. The van der Waals surface area contributed by atoms with Gasteiger partial charge < -0.3 is 0 Å². The third-order valence-corrected chi connectivity index (χ3v) is 3.63. The molecule has 0 aliphatic rings. The molecule has 0 aliphatic heterocycles. The number of hydrogen-bond donors (Lipinski definition) is 0. The van der Waals surface area contributed by atoms with Gasteiger partial charge in [0.1, 0.15) is 9.81 Å². The summed E-state index contributed by atoms with van der Waals surface area (Å²) in [5.41, 5.74) is 0. The van der Waals surface area contributed by atoms with Crippen LogP contribution in [-0.4, -0.2) is 0 Å². The van der Waals surface area contributed by atoms with Crippen LogP contribution in [0.4, 0.5) is 4.39 Å². The normalized spacial score (nSPS) is 10.0. The molecule has 1 aromatic heterocycles. The van der Waals surface area contributed by atoms with Crippen LogP contribution in [0.15, 0.2) is 0 Å². The molecule has 0 nitrogen and oxygen atoms in total. The summed E-state index contributed by atoms with van der Waals surface area (Å²) >= 11 is 7.72. The van der Waals surface area contributed by atoms with Crippen molar-refractivity contribution in [3.63, 3.8) is 0 Å². The number of alkyl halides is 1. The first-order valence-electron chi connectivity index (χ1n) is 2.39. The fraction of sp³-hybridized carbons (Fsp3) is 0.400. The topological polar surface area (TPSA) is 0 Å². The average Bonchev–Trinajstić information content (AvgIpc) is 2.10. The smallest absolute Gasteiger partial charge is 0.144 e. The maximum Gasteiger partial charge on any atom is 0.144 e. The maximum atomic E-state index is 12.0. The van der Waals surface area contributed by atoms with Crippen LogP contribution in [-0.2, 0) is 6.67 Å². The molecule has 0 unspecified atom stereocenters. The molecular weight excluding hydrogens is 175 g/mol. The molecule has 0 fully saturated rings. The molecule has 0 atom stereocenters. The first-order valence-corrected chi connectivity index (χ1v) is 4.43. The predicted molar refractivity (Wildman–Crippen MR) is 42.6 cm³/mol. The highest BCUT2D eigenvalue weighted by Crippen LogP contribution is 2.24. The van der Waals surface area contributed by atoms with Gasteiger partial charge in [-0.2, -0.15) is 0 Å². The minimum absolute atomic E-state index is 0.371. The van der Waals surface area contributed by atoms with Crippen LogP contribution in [0.1, 0.15) is 9.75 Å². The first-order chi connectivity index (χ1) is 4.24. The Bertz CT molecular complexity index is 247. The third-order valence-electron chi connectivity index (χ3n) is 0.957. The standard InChI is InChI=1S/C5H5FS3/c1-3-4(2-6)9-5(7)8-3/h2H2,1H3. The Morgan fingerprint density at radius 1 is 1.56 bits per heavy atom. The molecule has 50 valence electrons. The Morgan fingerprint density at radius 3 is 2.44 bits per heavy atom. The molecule has 0 saturated carbocycles. The van der Waals surface area contributed by atoms with E-state index in [0.717, 1.165) is 12.9 Å². The van der Waals surface area contributed by atoms with Crippen molar-refractivity contribution in [3.05, 3.63) is 12.9 Å². The molecule has 0 N–H and O–H groups in total. The van der Waals surface area contributed by atoms with E-state index in [9.17, 15) is 4.39 Å². The summed E-state index contributed by atoms with van der Waals surface area (Å²) in [6.45, 7) is 1.52. The van der Waals surface area contributed by atoms with E-state index in [1.807, 2.05) is 6.92 Å². The predicted octanol–water partition coefficient (Wildman–Crippen LogP) is 3.32. The lowest BCUT2D eigenvalue weighted by molar-refractivity contribution is 0.490. The lowest BCUT2D eigenvalue weighted by Gasteiger charge is -1.83. The van der Waals surface area contributed by atoms with E-state index in [4.69, 9.17) is 12.2 Å². The van der Waals surface area contributed by atoms with Gasteiger partial charge in [-0.25, -0.2) is 4.39 Å². The van der Waals surface area contributed by atoms with Crippen molar-refractivity contribution in [1.82, 2.24) is 0 Å². The van der Waals surface area contributed by atoms with E-state index in [1.165, 1.54) is 22.7 Å². The zero-order chi connectivity index (χ0) is 6.85. The van der Waals surface area contributed by atoms with Crippen LogP contribution in [0.25, 0.3) is 0 Å². The van der Waals surface area contributed by atoms with Crippen molar-refractivity contribution in [2.45, 2.75) is 13.6 Å². The lowest BCUT2D eigenvalue weighted by Crippen LogP contribution is -1.69. The fourth-order valence-electron chi connectivity index (χ4n) is 0.497. The minimum Gasteiger partial charge on any atom is -0.245 e. The Morgan fingerprint density at radius 2 is 2.22 bits per heavy atom. The van der Waals surface area contributed by atoms with Gasteiger partial charge in [0.25, 0.3) is 0 Å². The second-order valence-corrected chi connectivity index (χ2v) is 5.08. The average molecular weight is 180 g/mol. The summed E-state index contributed by atoms with van der Waals surface area (Å²) in [5, 5.41) is 0. The van der Waals surface area contributed by atoms with E-state index in [0.29, 0.717) is 0 Å². The van der Waals surface area contributed by atoms with E-state index in [2.05, 4.69) is 0 Å². The highest BCUT2D eigenvalue weighted by atomic mass is 32.2. The second-order valence-electron chi connectivity index (χ2n) is 1.57. The summed E-state index contributed by atoms with van der Waals surface area (Å²) in [4.78, 5) is 1.80. The molecule has 0 saturated heterocycles. The van der Waals surface area contributed by atoms with Gasteiger partial charge in [-0.05, 0) is 6.92 Å². The number of aryl methyl sites for hydroxylation is 1. The SMILES string of the molecule is Cc1sc(=S)sc1CF. The van der Waals surface area contributed by atoms with Crippen molar-refractivity contribution >= 4 is 34.9 Å². The van der Waals surface area contributed by atoms with Crippen LogP contribution in [0, 0.1) is 10.1 Å². The number of rotatable bonds is 1. The van der Waals surface area contributed by atoms with E-state index in [-0.39, 0.29) is 6.67 Å². The quantitative estimate of drug-likeness (QED) is 0.597. The Balaban J connectivity index is 3.16. The zero-order valence-electron chi connectivity index (χ0n) is 4.81. The maximum absolute atomic E-state index is 12.0. The summed E-state index contributed by atoms with van der Waals surface area (Å²) < 4.78 is 12.8. The zero-order valence-corrected chi connectivity index (χ0v) is 7.26. The first kappa shape index (κ1) is 7.31. The molecule has 0 radical (unpaired) electrons. The van der Waals surface area contributed by atoms with E-state index < -0.39 is 0 Å². The molecule has 9 heavy (non-hydrogen) atoms. The van der Waals surface area contributed by atoms with Crippen molar-refractivity contribution in [1.29, 1.82) is 0 Å². The van der Waals surface area contributed by atoms with Crippen molar-refractivity contribution in [3.8, 4) is 0 Å². The van der Waals surface area contributed by atoms with Crippen LogP contribution in [0.2, 0.25) is 0 Å². The second kappa shape index (κ2) is 2.86. The van der Waals surface area contributed by atoms with Gasteiger partial charge in [-0.15, -0.1) is 22.7 Å². The molecular formula is C5H5FS3. The van der Waals surface area contributed by atoms with Crippen LogP contribution < -0.4 is 0 Å². The minimum atomic E-state index is -0.371. The highest BCUT2D eigenvalue weighted by Gasteiger charge is 1.99. The number of hydrogen-bond acceptors (Lipinski definition) is 3. The molecule has 0 amide bonds. The van der Waals surface area contributed by atoms with E-state index in [1.54, 1.807) is 0 Å². The Kier molecular flexibility index (Phi) is 2.32. The summed E-state index contributed by atoms with van der Waals surface area (Å²) in [6.07, 6.45) is 0. The van der Waals surface area contributed by atoms with Crippen LogP contribution in [0.3, 0.4) is 0 Å². The highest BCUT2D eigenvalue weighted by molar-refractivity contribution is 7.76. The van der Waals surface area contributed by atoms with Gasteiger partial charge in [-0.3, -0.25) is 0 Å². The molecule has 0 aliphatic carbocycles. The van der Waals surface area contributed by atoms with E-state index >= 15 is 0 Å². The van der Waals surface area contributed by atoms with Gasteiger partial charge in [-0.1, -0.05) is 12.2 Å². The Hall–Kier alpha value is 0.200. The third kappa shape index (κ3) is 1.56. The molecule has 0 spiro atoms. The molecule has 1 rings (SSSR count). The number of halogens is 1. The fourth-order valence-corrected chi connectivity index (χ4v) is 3.08. The lowest BCUT2D eigenvalue weighted by atomic mass is 10.5. The van der Waals surface area contributed by atoms with Gasteiger partial charge in [0.15, 0.2) is 0 Å². The van der Waals surface area contributed by atoms with Crippen molar-refractivity contribution in [2.75, 3.05) is 0 Å². The summed E-state index contributed by atoms with van der Waals surface area (Å²) in [7, 11) is 0. The van der Waals surface area contributed by atoms with Crippen LogP contribution in [0.5, 0.6) is 0 Å². The Labute approximate surface area is 66.0 Å².